The number of aromatic nitrogens is 3. The number of nitrogens with zero attached hydrogens (tertiary/aromatic N) is 4. The molecule has 0 radical (unpaired) electrons. The Morgan fingerprint density at radius 2 is 2.12 bits per heavy atom. The van der Waals surface area contributed by atoms with Gasteiger partial charge in [-0.2, -0.15) is 5.26 Å². The number of benzene rings is 1. The van der Waals surface area contributed by atoms with Gasteiger partial charge in [-0.15, -0.1) is 10.2 Å². The summed E-state index contributed by atoms with van der Waals surface area (Å²) in [6.07, 6.45) is 1.98. The summed E-state index contributed by atoms with van der Waals surface area (Å²) in [5.74, 6) is 0.991. The molecule has 0 spiro atoms. The van der Waals surface area contributed by atoms with Crippen molar-refractivity contribution in [2.45, 2.75) is 30.5 Å². The third-order valence-corrected chi connectivity index (χ3v) is 5.57. The first kappa shape index (κ1) is 17.8. The first-order chi connectivity index (χ1) is 11.9. The first-order valence-electron chi connectivity index (χ1n) is 7.93. The second-order valence-corrected chi connectivity index (χ2v) is 7.68. The van der Waals surface area contributed by atoms with Crippen LogP contribution in [0.2, 0.25) is 5.02 Å². The fourth-order valence-electron chi connectivity index (χ4n) is 2.63. The number of nitrogens with one attached hydrogen (secondary N) is 1. The zero-order valence-electron chi connectivity index (χ0n) is 14.0. The van der Waals surface area contributed by atoms with E-state index >= 15 is 0 Å². The number of hydrogen-bond donors (Lipinski definition) is 1. The fourth-order valence-corrected chi connectivity index (χ4v) is 3.47. The number of carbonyl (C=O) groups excluding carboxylic acids is 1. The van der Waals surface area contributed by atoms with Crippen molar-refractivity contribution in [3.8, 4) is 17.5 Å². The highest BCUT2D eigenvalue weighted by Crippen LogP contribution is 2.39. The fraction of sp³-hybridized carbons (Fsp3) is 0.412. The number of rotatable bonds is 6. The van der Waals surface area contributed by atoms with E-state index in [0.717, 1.165) is 18.4 Å². The highest BCUT2D eigenvalue weighted by atomic mass is 35.5. The van der Waals surface area contributed by atoms with Crippen LogP contribution < -0.4 is 5.32 Å². The zero-order valence-corrected chi connectivity index (χ0v) is 15.6. The molecule has 0 aliphatic heterocycles. The Labute approximate surface area is 155 Å². The third kappa shape index (κ3) is 3.97. The number of thioether (sulfide) groups is 1. The van der Waals surface area contributed by atoms with Crippen molar-refractivity contribution >= 4 is 29.3 Å². The molecular weight excluding hydrogens is 358 g/mol. The molecule has 1 unspecified atom stereocenters. The van der Waals surface area contributed by atoms with E-state index in [1.165, 1.54) is 11.8 Å². The quantitative estimate of drug-likeness (QED) is 0.784. The van der Waals surface area contributed by atoms with Crippen LogP contribution in [0.4, 0.5) is 0 Å². The summed E-state index contributed by atoms with van der Waals surface area (Å²) < 4.78 is 1.84. The summed E-state index contributed by atoms with van der Waals surface area (Å²) in [6, 6.07) is 9.57. The van der Waals surface area contributed by atoms with E-state index < -0.39 is 5.54 Å². The number of carbonyl (C=O) groups is 1. The van der Waals surface area contributed by atoms with E-state index in [1.807, 2.05) is 23.7 Å². The van der Waals surface area contributed by atoms with Crippen molar-refractivity contribution in [1.82, 2.24) is 20.1 Å². The van der Waals surface area contributed by atoms with Gasteiger partial charge in [-0.25, -0.2) is 0 Å². The van der Waals surface area contributed by atoms with Crippen molar-refractivity contribution in [2.75, 3.05) is 5.75 Å². The summed E-state index contributed by atoms with van der Waals surface area (Å²) in [6.45, 7) is 1.79. The highest BCUT2D eigenvalue weighted by molar-refractivity contribution is 7.99. The van der Waals surface area contributed by atoms with Crippen LogP contribution in [0.15, 0.2) is 29.4 Å². The van der Waals surface area contributed by atoms with Crippen molar-refractivity contribution in [2.24, 2.45) is 13.0 Å². The van der Waals surface area contributed by atoms with Crippen molar-refractivity contribution in [1.29, 1.82) is 5.26 Å². The molecule has 1 aromatic carbocycles. The van der Waals surface area contributed by atoms with Gasteiger partial charge in [0, 0.05) is 17.6 Å². The Kier molecular flexibility index (Phi) is 5.02. The monoisotopic (exact) mass is 375 g/mol. The lowest BCUT2D eigenvalue weighted by Gasteiger charge is -2.22. The van der Waals surface area contributed by atoms with Crippen LogP contribution in [-0.2, 0) is 11.8 Å². The van der Waals surface area contributed by atoms with E-state index in [2.05, 4.69) is 21.6 Å². The molecule has 1 aliphatic rings. The smallest absolute Gasteiger partial charge is 0.231 e. The van der Waals surface area contributed by atoms with Gasteiger partial charge < -0.3 is 9.88 Å². The van der Waals surface area contributed by atoms with Gasteiger partial charge in [0.2, 0.25) is 5.91 Å². The van der Waals surface area contributed by atoms with Crippen molar-refractivity contribution < 1.29 is 4.79 Å². The van der Waals surface area contributed by atoms with Gasteiger partial charge in [-0.3, -0.25) is 4.79 Å². The third-order valence-electron chi connectivity index (χ3n) is 4.29. The Bertz CT molecular complexity index is 825. The molecule has 8 heteroatoms. The minimum atomic E-state index is -0.772. The van der Waals surface area contributed by atoms with Gasteiger partial charge in [0.25, 0.3) is 0 Å². The number of hydrogen-bond acceptors (Lipinski definition) is 5. The molecule has 3 rings (SSSR count). The molecule has 130 valence electrons. The van der Waals surface area contributed by atoms with Gasteiger partial charge >= 0.3 is 0 Å². The maximum atomic E-state index is 12.2. The van der Waals surface area contributed by atoms with Gasteiger partial charge in [-0.05, 0) is 49.9 Å². The second-order valence-electron chi connectivity index (χ2n) is 6.30. The lowest BCUT2D eigenvalue weighted by atomic mass is 9.98. The predicted molar refractivity (Wildman–Crippen MR) is 97.1 cm³/mol. The zero-order chi connectivity index (χ0) is 18.0. The largest absolute Gasteiger partial charge is 0.337 e. The van der Waals surface area contributed by atoms with Gasteiger partial charge in [0.15, 0.2) is 11.0 Å². The van der Waals surface area contributed by atoms with E-state index in [-0.39, 0.29) is 17.6 Å². The van der Waals surface area contributed by atoms with Gasteiger partial charge in [0.1, 0.15) is 5.54 Å². The number of nitriles is 1. The number of amides is 1. The van der Waals surface area contributed by atoms with Crippen LogP contribution >= 0.6 is 23.4 Å². The molecule has 0 saturated heterocycles. The molecule has 1 amide bonds. The van der Waals surface area contributed by atoms with Crippen LogP contribution in [-0.4, -0.2) is 32.0 Å². The van der Waals surface area contributed by atoms with E-state index in [0.29, 0.717) is 16.0 Å². The van der Waals surface area contributed by atoms with Crippen molar-refractivity contribution in [3.63, 3.8) is 0 Å². The molecule has 1 aliphatic carbocycles. The van der Waals surface area contributed by atoms with E-state index in [4.69, 9.17) is 11.6 Å². The molecule has 1 aromatic heterocycles. The minimum absolute atomic E-state index is 0.169. The molecule has 1 N–H and O–H groups in total. The topological polar surface area (TPSA) is 83.6 Å². The van der Waals surface area contributed by atoms with E-state index in [1.54, 1.807) is 19.1 Å². The van der Waals surface area contributed by atoms with Crippen LogP contribution in [0.25, 0.3) is 11.4 Å². The lowest BCUT2D eigenvalue weighted by Crippen LogP contribution is -2.47. The molecule has 6 nitrogen and oxygen atoms in total. The average molecular weight is 376 g/mol. The molecule has 1 fully saturated rings. The molecule has 1 atom stereocenters. The first-order valence-corrected chi connectivity index (χ1v) is 9.29. The SMILES string of the molecule is Cn1c(SCC(=O)NC(C)(C#N)C2CC2)nnc1-c1ccc(Cl)cc1. The normalized spacial score (nSPS) is 16.1. The summed E-state index contributed by atoms with van der Waals surface area (Å²) in [5.41, 5.74) is 0.132. The van der Waals surface area contributed by atoms with Gasteiger partial charge in [0.05, 0.1) is 11.8 Å². The average Bonchev–Trinajstić information content (AvgIpc) is 3.39. The molecule has 2 aromatic rings. The summed E-state index contributed by atoms with van der Waals surface area (Å²) in [4.78, 5) is 12.2. The molecule has 25 heavy (non-hydrogen) atoms. The second kappa shape index (κ2) is 7.06. The van der Waals surface area contributed by atoms with Crippen LogP contribution in [0.5, 0.6) is 0 Å². The number of halogens is 1. The maximum absolute atomic E-state index is 12.2. The minimum Gasteiger partial charge on any atom is -0.337 e. The highest BCUT2D eigenvalue weighted by Gasteiger charge is 2.42. The van der Waals surface area contributed by atoms with Crippen molar-refractivity contribution in [3.05, 3.63) is 29.3 Å². The van der Waals surface area contributed by atoms with Gasteiger partial charge in [-0.1, -0.05) is 23.4 Å². The summed E-state index contributed by atoms with van der Waals surface area (Å²) >= 11 is 7.20. The van der Waals surface area contributed by atoms with Crippen LogP contribution in [0, 0.1) is 17.2 Å². The predicted octanol–water partition coefficient (Wildman–Crippen LogP) is 3.04. The molecule has 0 bridgehead atoms. The lowest BCUT2D eigenvalue weighted by molar-refractivity contribution is -0.119. The summed E-state index contributed by atoms with van der Waals surface area (Å²) in [7, 11) is 1.85. The maximum Gasteiger partial charge on any atom is 0.231 e. The summed E-state index contributed by atoms with van der Waals surface area (Å²) in [5, 5.41) is 21.8. The standard InChI is InChI=1S/C17H18ClN5OS/c1-17(10-19,12-5-6-12)20-14(24)9-25-16-22-21-15(23(16)2)11-3-7-13(18)8-4-11/h3-4,7-8,12H,5-6,9H2,1-2H3,(H,20,24). The van der Waals surface area contributed by atoms with E-state index in [9.17, 15) is 10.1 Å². The van der Waals surface area contributed by atoms with Crippen LogP contribution in [0.1, 0.15) is 19.8 Å². The Balaban J connectivity index is 1.63. The Hall–Kier alpha value is -2.04. The molecule has 1 saturated carbocycles. The molecule has 1 heterocycles. The molecular formula is C17H18ClN5OS. The van der Waals surface area contributed by atoms with Crippen LogP contribution in [0.3, 0.4) is 0 Å². The Morgan fingerprint density at radius 1 is 1.44 bits per heavy atom. The Morgan fingerprint density at radius 3 is 2.72 bits per heavy atom.